The van der Waals surface area contributed by atoms with Gasteiger partial charge in [-0.3, -0.25) is 4.90 Å². The minimum Gasteiger partial charge on any atom is -0.478 e. The van der Waals surface area contributed by atoms with E-state index in [-0.39, 0.29) is 23.7 Å². The zero-order chi connectivity index (χ0) is 21.6. The number of benzene rings is 2. The molecule has 0 aliphatic rings. The number of amides is 1. The number of aliphatic hydroxyl groups excluding tert-OH is 1. The summed E-state index contributed by atoms with van der Waals surface area (Å²) in [7, 11) is -1.22. The highest BCUT2D eigenvalue weighted by atomic mass is 32.2. The standard InChI is InChI=1S/C19H22N2O7S/c1-20(2)29(26,27)15-8-9-17(16(12-15)18(23)24)21(10-11-22)19(25)28-13-14-6-4-3-5-7-14/h3-9,12,22H,10-11,13H2,1-2H3,(H,23,24). The molecule has 9 nitrogen and oxygen atoms in total. The topological polar surface area (TPSA) is 124 Å². The number of carboxylic acid groups (broad SMARTS) is 1. The second-order valence-corrected chi connectivity index (χ2v) is 8.34. The molecule has 0 radical (unpaired) electrons. The molecule has 0 spiro atoms. The molecule has 0 bridgehead atoms. The van der Waals surface area contributed by atoms with Gasteiger partial charge < -0.3 is 14.9 Å². The fourth-order valence-corrected chi connectivity index (χ4v) is 3.43. The molecule has 0 aliphatic carbocycles. The maximum atomic E-state index is 12.5. The molecule has 2 N–H and O–H groups in total. The molecule has 0 heterocycles. The van der Waals surface area contributed by atoms with Crippen molar-refractivity contribution in [2.45, 2.75) is 11.5 Å². The van der Waals surface area contributed by atoms with E-state index in [1.54, 1.807) is 24.3 Å². The Labute approximate surface area is 168 Å². The molecule has 1 amide bonds. The van der Waals surface area contributed by atoms with Crippen LogP contribution in [0.2, 0.25) is 0 Å². The van der Waals surface area contributed by atoms with E-state index in [1.807, 2.05) is 6.07 Å². The first kappa shape index (κ1) is 22.3. The molecule has 0 atom stereocenters. The molecule has 29 heavy (non-hydrogen) atoms. The minimum absolute atomic E-state index is 0.0445. The number of carbonyl (C=O) groups is 2. The third kappa shape index (κ3) is 5.31. The van der Waals surface area contributed by atoms with Crippen molar-refractivity contribution in [3.63, 3.8) is 0 Å². The number of hydrogen-bond donors (Lipinski definition) is 2. The van der Waals surface area contributed by atoms with Crippen molar-refractivity contribution in [2.24, 2.45) is 0 Å². The number of carboxylic acids is 1. The van der Waals surface area contributed by atoms with Crippen LogP contribution in [0.4, 0.5) is 10.5 Å². The second-order valence-electron chi connectivity index (χ2n) is 6.19. The van der Waals surface area contributed by atoms with E-state index in [4.69, 9.17) is 4.74 Å². The van der Waals surface area contributed by atoms with Crippen molar-refractivity contribution >= 4 is 27.8 Å². The van der Waals surface area contributed by atoms with Gasteiger partial charge in [-0.15, -0.1) is 0 Å². The van der Waals surface area contributed by atoms with Crippen molar-refractivity contribution in [1.29, 1.82) is 0 Å². The summed E-state index contributed by atoms with van der Waals surface area (Å²) >= 11 is 0. The van der Waals surface area contributed by atoms with Crippen LogP contribution in [0.3, 0.4) is 0 Å². The molecular formula is C19H22N2O7S. The molecule has 156 valence electrons. The summed E-state index contributed by atoms with van der Waals surface area (Å²) in [6.45, 7) is -0.720. The molecule has 0 fully saturated rings. The highest BCUT2D eigenvalue weighted by Gasteiger charge is 2.26. The normalized spacial score (nSPS) is 11.3. The molecule has 2 aromatic rings. The van der Waals surface area contributed by atoms with Gasteiger partial charge in [0.05, 0.1) is 29.3 Å². The van der Waals surface area contributed by atoms with Crippen LogP contribution in [0.15, 0.2) is 53.4 Å². The summed E-state index contributed by atoms with van der Waals surface area (Å²) in [6, 6.07) is 12.3. The van der Waals surface area contributed by atoms with Crippen LogP contribution < -0.4 is 4.90 Å². The Hall–Kier alpha value is -2.95. The molecule has 0 aromatic heterocycles. The van der Waals surface area contributed by atoms with E-state index < -0.39 is 34.3 Å². The Bertz CT molecular complexity index is 975. The zero-order valence-corrected chi connectivity index (χ0v) is 16.8. The summed E-state index contributed by atoms with van der Waals surface area (Å²) in [6.07, 6.45) is -0.867. The highest BCUT2D eigenvalue weighted by Crippen LogP contribution is 2.26. The summed E-state index contributed by atoms with van der Waals surface area (Å²) in [5.41, 5.74) is 0.246. The van der Waals surface area contributed by atoms with E-state index in [2.05, 4.69) is 0 Å². The molecule has 2 rings (SSSR count). The third-order valence-corrected chi connectivity index (χ3v) is 5.83. The van der Waals surface area contributed by atoms with E-state index >= 15 is 0 Å². The van der Waals surface area contributed by atoms with Gasteiger partial charge in [0.15, 0.2) is 0 Å². The monoisotopic (exact) mass is 422 g/mol. The average molecular weight is 422 g/mol. The Morgan fingerprint density at radius 2 is 1.72 bits per heavy atom. The number of nitrogens with zero attached hydrogens (tertiary/aromatic N) is 2. The largest absolute Gasteiger partial charge is 0.478 e. The Morgan fingerprint density at radius 1 is 1.07 bits per heavy atom. The van der Waals surface area contributed by atoms with Crippen molar-refractivity contribution in [3.05, 3.63) is 59.7 Å². The van der Waals surface area contributed by atoms with Crippen molar-refractivity contribution in [3.8, 4) is 0 Å². The van der Waals surface area contributed by atoms with Crippen LogP contribution in [0.25, 0.3) is 0 Å². The van der Waals surface area contributed by atoms with Gasteiger partial charge in [0.2, 0.25) is 10.0 Å². The van der Waals surface area contributed by atoms with Crippen LogP contribution in [0.1, 0.15) is 15.9 Å². The van der Waals surface area contributed by atoms with Gasteiger partial charge in [0.1, 0.15) is 6.61 Å². The molecule has 0 unspecified atom stereocenters. The smallest absolute Gasteiger partial charge is 0.414 e. The Kier molecular flexibility index (Phi) is 7.32. The first-order valence-electron chi connectivity index (χ1n) is 8.57. The molecule has 0 aliphatic heterocycles. The molecular weight excluding hydrogens is 400 g/mol. The predicted molar refractivity (Wildman–Crippen MR) is 105 cm³/mol. The Morgan fingerprint density at radius 3 is 2.28 bits per heavy atom. The quantitative estimate of drug-likeness (QED) is 0.664. The Balaban J connectivity index is 2.38. The summed E-state index contributed by atoms with van der Waals surface area (Å²) in [4.78, 5) is 25.0. The molecule has 0 saturated carbocycles. The van der Waals surface area contributed by atoms with Crippen LogP contribution in [-0.2, 0) is 21.4 Å². The van der Waals surface area contributed by atoms with Gasteiger partial charge in [-0.1, -0.05) is 30.3 Å². The van der Waals surface area contributed by atoms with Crippen molar-refractivity contribution < 1.29 is 33.0 Å². The molecule has 2 aromatic carbocycles. The van der Waals surface area contributed by atoms with Crippen molar-refractivity contribution in [1.82, 2.24) is 4.31 Å². The van der Waals surface area contributed by atoms with Crippen LogP contribution >= 0.6 is 0 Å². The third-order valence-electron chi connectivity index (χ3n) is 4.02. The molecule has 10 heteroatoms. The van der Waals surface area contributed by atoms with Gasteiger partial charge in [-0.25, -0.2) is 22.3 Å². The lowest BCUT2D eigenvalue weighted by Gasteiger charge is -2.23. The first-order valence-corrected chi connectivity index (χ1v) is 10.0. The average Bonchev–Trinajstić information content (AvgIpc) is 2.70. The van der Waals surface area contributed by atoms with E-state index in [9.17, 15) is 28.2 Å². The number of aromatic carboxylic acids is 1. The van der Waals surface area contributed by atoms with Gasteiger partial charge in [0.25, 0.3) is 0 Å². The number of carbonyl (C=O) groups excluding carboxylic acids is 1. The first-order chi connectivity index (χ1) is 13.7. The minimum atomic E-state index is -3.87. The number of rotatable bonds is 8. The fraction of sp³-hybridized carbons (Fsp3) is 0.263. The number of hydrogen-bond acceptors (Lipinski definition) is 6. The van der Waals surface area contributed by atoms with Crippen LogP contribution in [-0.4, -0.2) is 62.2 Å². The molecule has 0 saturated heterocycles. The van der Waals surface area contributed by atoms with Crippen LogP contribution in [0, 0.1) is 0 Å². The predicted octanol–water partition coefficient (Wildman–Crippen LogP) is 1.77. The van der Waals surface area contributed by atoms with E-state index in [0.29, 0.717) is 0 Å². The fourth-order valence-electron chi connectivity index (χ4n) is 2.50. The van der Waals surface area contributed by atoms with Gasteiger partial charge in [-0.05, 0) is 23.8 Å². The number of sulfonamides is 1. The maximum absolute atomic E-state index is 12.5. The highest BCUT2D eigenvalue weighted by molar-refractivity contribution is 7.89. The lowest BCUT2D eigenvalue weighted by atomic mass is 10.1. The van der Waals surface area contributed by atoms with Crippen LogP contribution in [0.5, 0.6) is 0 Å². The number of ether oxygens (including phenoxy) is 1. The van der Waals surface area contributed by atoms with Crippen molar-refractivity contribution in [2.75, 3.05) is 32.1 Å². The van der Waals surface area contributed by atoms with E-state index in [1.165, 1.54) is 26.2 Å². The van der Waals surface area contributed by atoms with Gasteiger partial charge in [-0.2, -0.15) is 0 Å². The summed E-state index contributed by atoms with van der Waals surface area (Å²) in [5.74, 6) is -1.42. The van der Waals surface area contributed by atoms with Gasteiger partial charge in [0, 0.05) is 14.1 Å². The second kappa shape index (κ2) is 9.50. The van der Waals surface area contributed by atoms with Gasteiger partial charge >= 0.3 is 12.1 Å². The summed E-state index contributed by atoms with van der Waals surface area (Å²) < 4.78 is 30.8. The number of aliphatic hydroxyl groups is 1. The SMILES string of the molecule is CN(C)S(=O)(=O)c1ccc(N(CCO)C(=O)OCc2ccccc2)c(C(=O)O)c1. The number of anilines is 1. The lowest BCUT2D eigenvalue weighted by molar-refractivity contribution is 0.0697. The summed E-state index contributed by atoms with van der Waals surface area (Å²) in [5, 5.41) is 18.9. The lowest BCUT2D eigenvalue weighted by Crippen LogP contribution is -2.35. The van der Waals surface area contributed by atoms with E-state index in [0.717, 1.165) is 20.8 Å². The zero-order valence-electron chi connectivity index (χ0n) is 16.0. The maximum Gasteiger partial charge on any atom is 0.414 e.